The topological polar surface area (TPSA) is 132 Å². The zero-order chi connectivity index (χ0) is 20.3. The van der Waals surface area contributed by atoms with Crippen molar-refractivity contribution in [2.75, 3.05) is 10.2 Å². The third-order valence-electron chi connectivity index (χ3n) is 5.93. The maximum atomic E-state index is 12.8. The number of nitrogens with one attached hydrogen (secondary N) is 3. The van der Waals surface area contributed by atoms with E-state index >= 15 is 0 Å². The van der Waals surface area contributed by atoms with E-state index in [1.54, 1.807) is 0 Å². The second-order valence-corrected chi connectivity index (χ2v) is 7.50. The van der Waals surface area contributed by atoms with Gasteiger partial charge in [0, 0.05) is 11.8 Å². The van der Waals surface area contributed by atoms with Crippen molar-refractivity contribution in [3.05, 3.63) is 69.0 Å². The van der Waals surface area contributed by atoms with Gasteiger partial charge in [-0.1, -0.05) is 12.2 Å². The Morgan fingerprint density at radius 2 is 1.59 bits per heavy atom. The van der Waals surface area contributed by atoms with Crippen LogP contribution in [0.25, 0.3) is 0 Å². The van der Waals surface area contributed by atoms with Gasteiger partial charge >= 0.3 is 5.69 Å². The summed E-state index contributed by atoms with van der Waals surface area (Å²) in [6.45, 7) is 0. The third-order valence-corrected chi connectivity index (χ3v) is 5.93. The summed E-state index contributed by atoms with van der Waals surface area (Å²) in [6, 6.07) is 6.04. The largest absolute Gasteiger partial charge is 0.325 e. The Kier molecular flexibility index (Phi) is 3.67. The van der Waals surface area contributed by atoms with Crippen LogP contribution in [0.4, 0.5) is 11.4 Å². The second-order valence-electron chi connectivity index (χ2n) is 7.50. The number of amides is 3. The Labute approximate surface area is 163 Å². The Hall–Kier alpha value is -3.75. The van der Waals surface area contributed by atoms with E-state index in [1.165, 1.54) is 29.2 Å². The van der Waals surface area contributed by atoms with E-state index in [4.69, 9.17) is 0 Å². The van der Waals surface area contributed by atoms with Crippen LogP contribution in [0.15, 0.2) is 52.2 Å². The molecular weight excluding hydrogens is 376 g/mol. The zero-order valence-electron chi connectivity index (χ0n) is 15.0. The summed E-state index contributed by atoms with van der Waals surface area (Å²) in [5.74, 6) is -1.24. The molecule has 2 fully saturated rings. The summed E-state index contributed by atoms with van der Waals surface area (Å²) in [4.78, 5) is 66.3. The molecule has 2 bridgehead atoms. The van der Waals surface area contributed by atoms with Gasteiger partial charge < -0.3 is 10.3 Å². The van der Waals surface area contributed by atoms with Crippen molar-refractivity contribution < 1.29 is 14.4 Å². The Bertz CT molecular complexity index is 1160. The number of nitrogens with zero attached hydrogens (tertiary/aromatic N) is 1. The van der Waals surface area contributed by atoms with Crippen LogP contribution in [0, 0.1) is 23.7 Å². The number of aromatic nitrogens is 2. The molecule has 2 heterocycles. The van der Waals surface area contributed by atoms with Crippen molar-refractivity contribution in [2.24, 2.45) is 23.7 Å². The lowest BCUT2D eigenvalue weighted by Gasteiger charge is -2.17. The summed E-state index contributed by atoms with van der Waals surface area (Å²) < 4.78 is 0. The molecule has 29 heavy (non-hydrogen) atoms. The van der Waals surface area contributed by atoms with Crippen molar-refractivity contribution in [3.63, 3.8) is 0 Å². The summed E-state index contributed by atoms with van der Waals surface area (Å²) in [5.41, 5.74) is -0.834. The highest BCUT2D eigenvalue weighted by atomic mass is 16.2. The van der Waals surface area contributed by atoms with Crippen LogP contribution >= 0.6 is 0 Å². The number of carbonyl (C=O) groups is 3. The van der Waals surface area contributed by atoms with Crippen LogP contribution in [0.1, 0.15) is 16.8 Å². The molecule has 3 amide bonds. The molecular formula is C20H16N4O5. The van der Waals surface area contributed by atoms with Crippen LogP contribution in [-0.2, 0) is 9.59 Å². The fraction of sp³-hybridized carbons (Fsp3) is 0.250. The molecule has 0 unspecified atom stereocenters. The lowest BCUT2D eigenvalue weighted by Crippen LogP contribution is -2.32. The number of hydrogen-bond acceptors (Lipinski definition) is 5. The molecule has 2 aliphatic carbocycles. The van der Waals surface area contributed by atoms with E-state index in [-0.39, 0.29) is 46.7 Å². The minimum Gasteiger partial charge on any atom is -0.316 e. The van der Waals surface area contributed by atoms with Gasteiger partial charge in [-0.05, 0) is 42.5 Å². The first-order valence-electron chi connectivity index (χ1n) is 9.23. The Balaban J connectivity index is 1.36. The van der Waals surface area contributed by atoms with Gasteiger partial charge in [0.15, 0.2) is 0 Å². The van der Waals surface area contributed by atoms with Crippen molar-refractivity contribution >= 4 is 29.1 Å². The number of hydrogen-bond donors (Lipinski definition) is 3. The summed E-state index contributed by atoms with van der Waals surface area (Å²) in [6.07, 6.45) is 6.04. The number of aromatic amines is 2. The van der Waals surface area contributed by atoms with E-state index in [9.17, 15) is 24.0 Å². The monoisotopic (exact) mass is 392 g/mol. The number of benzene rings is 1. The lowest BCUT2D eigenvalue weighted by atomic mass is 9.85. The smallest absolute Gasteiger partial charge is 0.316 e. The maximum absolute atomic E-state index is 12.8. The first kappa shape index (κ1) is 17.4. The number of anilines is 2. The van der Waals surface area contributed by atoms with Crippen LogP contribution in [0.2, 0.25) is 0 Å². The molecule has 5 rings (SSSR count). The van der Waals surface area contributed by atoms with E-state index in [0.29, 0.717) is 5.69 Å². The molecule has 1 aromatic heterocycles. The van der Waals surface area contributed by atoms with Gasteiger partial charge in [0.25, 0.3) is 11.5 Å². The standard InChI is InChI=1S/C20H16N4O5/c25-16(22-13-8-21-20(29)23-17(13)26)9-3-5-12(6-4-9)24-18(27)14-10-1-2-11(7-10)15(14)19(24)28/h1-6,8,10-11,14-15H,7H2,(H,22,25)(H2,21,23,26,29)/t10-,11-,14-,15-/m0/s1. The van der Waals surface area contributed by atoms with Crippen LogP contribution in [-0.4, -0.2) is 27.7 Å². The number of allylic oxidation sites excluding steroid dienone is 2. The molecule has 146 valence electrons. The molecule has 9 heteroatoms. The normalized spacial score (nSPS) is 26.8. The SMILES string of the molecule is O=C(Nc1c[nH]c(=O)[nH]c1=O)c1ccc(N2C(=O)[C@@H]3[C@@H](C2=O)[C@H]2C=C[C@H]3C2)cc1. The molecule has 0 radical (unpaired) electrons. The molecule has 1 saturated heterocycles. The van der Waals surface area contributed by atoms with Crippen molar-refractivity contribution in [1.29, 1.82) is 0 Å². The summed E-state index contributed by atoms with van der Waals surface area (Å²) in [7, 11) is 0. The second kappa shape index (κ2) is 6.13. The predicted molar refractivity (Wildman–Crippen MR) is 102 cm³/mol. The van der Waals surface area contributed by atoms with Gasteiger partial charge in [0.1, 0.15) is 5.69 Å². The van der Waals surface area contributed by atoms with Crippen LogP contribution in [0.3, 0.4) is 0 Å². The highest BCUT2D eigenvalue weighted by molar-refractivity contribution is 6.23. The molecule has 3 N–H and O–H groups in total. The molecule has 9 nitrogen and oxygen atoms in total. The predicted octanol–water partition coefficient (Wildman–Crippen LogP) is 0.627. The van der Waals surface area contributed by atoms with Crippen molar-refractivity contribution in [1.82, 2.24) is 9.97 Å². The van der Waals surface area contributed by atoms with E-state index < -0.39 is 17.2 Å². The number of fused-ring (bicyclic) bond motifs is 5. The summed E-state index contributed by atoms with van der Waals surface area (Å²) in [5, 5.41) is 2.40. The maximum Gasteiger partial charge on any atom is 0.325 e. The van der Waals surface area contributed by atoms with Crippen LogP contribution in [0.5, 0.6) is 0 Å². The van der Waals surface area contributed by atoms with Gasteiger partial charge in [-0.15, -0.1) is 0 Å². The van der Waals surface area contributed by atoms with E-state index in [1.807, 2.05) is 17.1 Å². The minimum absolute atomic E-state index is 0.0978. The number of carbonyl (C=O) groups excluding carboxylic acids is 3. The molecule has 4 atom stereocenters. The van der Waals surface area contributed by atoms with E-state index in [2.05, 4.69) is 10.3 Å². The molecule has 2 aromatic rings. The zero-order valence-corrected chi connectivity index (χ0v) is 15.0. The molecule has 0 spiro atoms. The highest BCUT2D eigenvalue weighted by Gasteiger charge is 2.59. The average molecular weight is 392 g/mol. The fourth-order valence-electron chi connectivity index (χ4n) is 4.62. The van der Waals surface area contributed by atoms with Gasteiger partial charge in [-0.2, -0.15) is 0 Å². The third kappa shape index (κ3) is 2.58. The number of imide groups is 1. The van der Waals surface area contributed by atoms with Crippen molar-refractivity contribution in [3.8, 4) is 0 Å². The van der Waals surface area contributed by atoms with Crippen molar-refractivity contribution in [2.45, 2.75) is 6.42 Å². The van der Waals surface area contributed by atoms with Gasteiger partial charge in [0.2, 0.25) is 11.8 Å². The molecule has 1 saturated carbocycles. The molecule has 3 aliphatic rings. The fourth-order valence-corrected chi connectivity index (χ4v) is 4.62. The van der Waals surface area contributed by atoms with Gasteiger partial charge in [-0.25, -0.2) is 4.79 Å². The summed E-state index contributed by atoms with van der Waals surface area (Å²) >= 11 is 0. The average Bonchev–Trinajstić information content (AvgIpc) is 3.38. The quantitative estimate of drug-likeness (QED) is 0.521. The Morgan fingerprint density at radius 1 is 0.966 bits per heavy atom. The highest BCUT2D eigenvalue weighted by Crippen LogP contribution is 2.53. The lowest BCUT2D eigenvalue weighted by molar-refractivity contribution is -0.123. The minimum atomic E-state index is -0.721. The van der Waals surface area contributed by atoms with Gasteiger partial charge in [-0.3, -0.25) is 29.1 Å². The number of H-pyrrole nitrogens is 2. The molecule has 1 aromatic carbocycles. The Morgan fingerprint density at radius 3 is 2.17 bits per heavy atom. The molecule has 1 aliphatic heterocycles. The first-order chi connectivity index (χ1) is 13.9. The van der Waals surface area contributed by atoms with Gasteiger partial charge in [0.05, 0.1) is 17.5 Å². The van der Waals surface area contributed by atoms with Crippen LogP contribution < -0.4 is 21.5 Å². The first-order valence-corrected chi connectivity index (χ1v) is 9.23. The van der Waals surface area contributed by atoms with E-state index in [0.717, 1.165) is 12.6 Å². The number of rotatable bonds is 3.